The number of aromatic nitrogens is 2. The number of piperidine rings is 1. The number of benzene rings is 2. The minimum Gasteiger partial charge on any atom is -0.427 e. The Morgan fingerprint density at radius 2 is 1.50 bits per heavy atom. The molecule has 2 heterocycles. The lowest BCUT2D eigenvalue weighted by atomic mass is 9.83. The van der Waals surface area contributed by atoms with E-state index in [9.17, 15) is 22.6 Å². The van der Waals surface area contributed by atoms with Crippen molar-refractivity contribution in [1.29, 1.82) is 0 Å². The number of sulfonamides is 1. The zero-order valence-electron chi connectivity index (χ0n) is 29.4. The number of fused-ring (bicyclic) bond motifs is 1. The second kappa shape index (κ2) is 17.1. The first-order valence-electron chi connectivity index (χ1n) is 16.6. The normalized spacial score (nSPS) is 15.1. The van der Waals surface area contributed by atoms with E-state index in [0.717, 1.165) is 0 Å². The van der Waals surface area contributed by atoms with Gasteiger partial charge in [0.1, 0.15) is 16.0 Å². The summed E-state index contributed by atoms with van der Waals surface area (Å²) in [4.78, 5) is 36.2. The summed E-state index contributed by atoms with van der Waals surface area (Å²) < 4.78 is 68.9. The third kappa shape index (κ3) is 10.9. The molecule has 1 aromatic heterocycles. The summed E-state index contributed by atoms with van der Waals surface area (Å²) in [6.45, 7) is 11.8. The minimum atomic E-state index is -3.99. The van der Waals surface area contributed by atoms with E-state index in [2.05, 4.69) is 14.7 Å². The van der Waals surface area contributed by atoms with Gasteiger partial charge in [-0.05, 0) is 60.6 Å². The van der Waals surface area contributed by atoms with Gasteiger partial charge in [0.2, 0.25) is 6.79 Å². The number of para-hydroxylation sites is 1. The number of nitrogens with zero attached hydrogens (tertiary/aromatic N) is 3. The number of rotatable bonds is 16. The average Bonchev–Trinajstić information content (AvgIpc) is 3.06. The third-order valence-electron chi connectivity index (χ3n) is 7.70. The van der Waals surface area contributed by atoms with E-state index in [-0.39, 0.29) is 53.0 Å². The summed E-state index contributed by atoms with van der Waals surface area (Å²) in [5.74, 6) is 0.0856. The highest BCUT2D eigenvalue weighted by atomic mass is 32.2. The molecule has 1 amide bonds. The molecule has 1 N–H and O–H groups in total. The van der Waals surface area contributed by atoms with Gasteiger partial charge in [0, 0.05) is 49.6 Å². The molecule has 1 fully saturated rings. The maximum Gasteiger partial charge on any atom is 0.510 e. The standard InChI is InChI=1S/C34H47N4O10PS/c1-24(2)20-34(48-33(40)44-23-47-49(41,45-21-25(3)4)46-22-26(5)6)14-18-38(19-15-34)32(39)27-10-12-28(13-11-27)37-50(42,43)30-9-7-8-29-31(30)36-17-16-35-29/h7-13,16-17,24-26,37H,14-15,18-23H2,1-6H3. The molecule has 1 aliphatic rings. The van der Waals surface area contributed by atoms with Crippen LogP contribution >= 0.6 is 7.82 Å². The van der Waals surface area contributed by atoms with Crippen LogP contribution in [0.25, 0.3) is 11.0 Å². The second-order valence-electron chi connectivity index (χ2n) is 13.5. The van der Waals surface area contributed by atoms with Crippen LogP contribution in [0.15, 0.2) is 59.8 Å². The van der Waals surface area contributed by atoms with Crippen molar-refractivity contribution in [2.75, 3.05) is 37.8 Å². The molecule has 16 heteroatoms. The van der Waals surface area contributed by atoms with Crippen LogP contribution in [0, 0.1) is 17.8 Å². The van der Waals surface area contributed by atoms with Gasteiger partial charge in [-0.15, -0.1) is 0 Å². The maximum absolute atomic E-state index is 13.4. The Balaban J connectivity index is 1.33. The Labute approximate surface area is 293 Å². The lowest BCUT2D eigenvalue weighted by molar-refractivity contribution is -0.0896. The molecule has 0 saturated carbocycles. The van der Waals surface area contributed by atoms with Gasteiger partial charge in [-0.3, -0.25) is 28.5 Å². The van der Waals surface area contributed by atoms with Gasteiger partial charge < -0.3 is 14.4 Å². The number of anilines is 1. The largest absolute Gasteiger partial charge is 0.510 e. The molecule has 0 aliphatic carbocycles. The molecule has 0 bridgehead atoms. The molecule has 274 valence electrons. The van der Waals surface area contributed by atoms with Crippen LogP contribution in [0.2, 0.25) is 0 Å². The molecule has 0 radical (unpaired) electrons. The van der Waals surface area contributed by atoms with Crippen LogP contribution in [-0.4, -0.2) is 74.0 Å². The van der Waals surface area contributed by atoms with Crippen molar-refractivity contribution >= 4 is 46.6 Å². The topological polar surface area (TPSA) is 173 Å². The van der Waals surface area contributed by atoms with E-state index in [0.29, 0.717) is 43.4 Å². The lowest BCUT2D eigenvalue weighted by Gasteiger charge is -2.41. The van der Waals surface area contributed by atoms with Gasteiger partial charge in [-0.1, -0.05) is 47.6 Å². The molecule has 3 aromatic rings. The molecule has 14 nitrogen and oxygen atoms in total. The highest BCUT2D eigenvalue weighted by molar-refractivity contribution is 7.93. The number of phosphoric acid groups is 1. The van der Waals surface area contributed by atoms with Crippen LogP contribution in [-0.2, 0) is 37.6 Å². The van der Waals surface area contributed by atoms with Gasteiger partial charge in [-0.25, -0.2) is 22.3 Å². The third-order valence-corrected chi connectivity index (χ3v) is 10.5. The number of carbonyl (C=O) groups excluding carboxylic acids is 2. The van der Waals surface area contributed by atoms with E-state index in [1.165, 1.54) is 30.6 Å². The maximum atomic E-state index is 13.4. The number of nitrogens with one attached hydrogen (secondary N) is 1. The van der Waals surface area contributed by atoms with Crippen LogP contribution in [0.1, 0.15) is 71.2 Å². The lowest BCUT2D eigenvalue weighted by Crippen LogP contribution is -2.49. The Morgan fingerprint density at radius 3 is 2.10 bits per heavy atom. The first-order chi connectivity index (χ1) is 23.6. The van der Waals surface area contributed by atoms with Crippen LogP contribution in [0.3, 0.4) is 0 Å². The summed E-state index contributed by atoms with van der Waals surface area (Å²) in [5, 5.41) is 0. The molecule has 0 unspecified atom stereocenters. The van der Waals surface area contributed by atoms with Gasteiger partial charge in [0.05, 0.1) is 18.7 Å². The zero-order chi connectivity index (χ0) is 36.5. The summed E-state index contributed by atoms with van der Waals surface area (Å²) in [6, 6.07) is 10.9. The fraction of sp³-hybridized carbons (Fsp3) is 0.529. The quantitative estimate of drug-likeness (QED) is 0.0906. The Morgan fingerprint density at radius 1 is 0.880 bits per heavy atom. The van der Waals surface area contributed by atoms with Crippen molar-refractivity contribution in [3.63, 3.8) is 0 Å². The van der Waals surface area contributed by atoms with Crippen LogP contribution < -0.4 is 4.72 Å². The smallest absolute Gasteiger partial charge is 0.427 e. The Kier molecular flexibility index (Phi) is 13.4. The number of carbonyl (C=O) groups is 2. The van der Waals surface area contributed by atoms with Gasteiger partial charge in [0.15, 0.2) is 0 Å². The first kappa shape index (κ1) is 39.2. The highest BCUT2D eigenvalue weighted by Gasteiger charge is 2.41. The van der Waals surface area contributed by atoms with E-state index in [1.54, 1.807) is 29.2 Å². The molecule has 0 atom stereocenters. The number of amides is 1. The monoisotopic (exact) mass is 734 g/mol. The fourth-order valence-electron chi connectivity index (χ4n) is 5.40. The summed E-state index contributed by atoms with van der Waals surface area (Å²) in [5.41, 5.74) is 0.474. The molecular formula is C34H47N4O10PS. The van der Waals surface area contributed by atoms with Crippen molar-refractivity contribution in [1.82, 2.24) is 14.9 Å². The first-order valence-corrected chi connectivity index (χ1v) is 19.6. The number of hydrogen-bond acceptors (Lipinski definition) is 12. The number of likely N-dealkylation sites (tertiary alicyclic amines) is 1. The van der Waals surface area contributed by atoms with Crippen molar-refractivity contribution in [2.45, 2.75) is 71.3 Å². The average molecular weight is 735 g/mol. The SMILES string of the molecule is CC(C)COP(=O)(OCOC(=O)OC1(CC(C)C)CCN(C(=O)c2ccc(NS(=O)(=O)c3cccc4nccnc34)cc2)CC1)OCC(C)C. The Hall–Kier alpha value is -3.62. The summed E-state index contributed by atoms with van der Waals surface area (Å²) >= 11 is 0. The summed E-state index contributed by atoms with van der Waals surface area (Å²) in [7, 11) is -7.95. The van der Waals surface area contributed by atoms with Crippen molar-refractivity contribution in [3.8, 4) is 0 Å². The zero-order valence-corrected chi connectivity index (χ0v) is 31.1. The van der Waals surface area contributed by atoms with Crippen molar-refractivity contribution < 1.29 is 45.6 Å². The van der Waals surface area contributed by atoms with Crippen LogP contribution in [0.5, 0.6) is 0 Å². The van der Waals surface area contributed by atoms with Crippen molar-refractivity contribution in [3.05, 3.63) is 60.4 Å². The predicted molar refractivity (Wildman–Crippen MR) is 187 cm³/mol. The number of hydrogen-bond donors (Lipinski definition) is 1. The van der Waals surface area contributed by atoms with Crippen molar-refractivity contribution in [2.24, 2.45) is 17.8 Å². The number of phosphoric ester groups is 1. The second-order valence-corrected chi connectivity index (χ2v) is 16.8. The van der Waals surface area contributed by atoms with Gasteiger partial charge >= 0.3 is 14.0 Å². The van der Waals surface area contributed by atoms with E-state index >= 15 is 0 Å². The minimum absolute atomic E-state index is 0.00798. The molecule has 50 heavy (non-hydrogen) atoms. The van der Waals surface area contributed by atoms with E-state index in [1.807, 2.05) is 41.5 Å². The van der Waals surface area contributed by atoms with E-state index < -0.39 is 36.4 Å². The molecule has 2 aromatic carbocycles. The molecule has 1 saturated heterocycles. The molecule has 1 aliphatic heterocycles. The van der Waals surface area contributed by atoms with Crippen LogP contribution in [0.4, 0.5) is 10.5 Å². The molecule has 0 spiro atoms. The highest BCUT2D eigenvalue weighted by Crippen LogP contribution is 2.50. The summed E-state index contributed by atoms with van der Waals surface area (Å²) in [6.07, 6.45) is 3.20. The molecular weight excluding hydrogens is 687 g/mol. The fourth-order valence-corrected chi connectivity index (χ4v) is 8.00. The van der Waals surface area contributed by atoms with Gasteiger partial charge in [0.25, 0.3) is 15.9 Å². The van der Waals surface area contributed by atoms with Gasteiger partial charge in [-0.2, -0.15) is 0 Å². The molecule has 4 rings (SSSR count). The number of ether oxygens (including phenoxy) is 2. The van der Waals surface area contributed by atoms with E-state index in [4.69, 9.17) is 23.0 Å². The predicted octanol–water partition coefficient (Wildman–Crippen LogP) is 7.03. The Bertz CT molecular complexity index is 1740.